The van der Waals surface area contributed by atoms with E-state index in [1.807, 2.05) is 17.5 Å². The Morgan fingerprint density at radius 1 is 1.44 bits per heavy atom. The Balaban J connectivity index is 2.08. The molecule has 1 aromatic heterocycles. The van der Waals surface area contributed by atoms with Gasteiger partial charge < -0.3 is 11.1 Å². The molecule has 3 N–H and O–H groups in total. The molecular formula is C12H15N3S. The van der Waals surface area contributed by atoms with Gasteiger partial charge in [0.2, 0.25) is 0 Å². The summed E-state index contributed by atoms with van der Waals surface area (Å²) in [6.07, 6.45) is 0.839. The van der Waals surface area contributed by atoms with Crippen LogP contribution in [0.25, 0.3) is 0 Å². The number of nitrogens with two attached hydrogens (primary N) is 1. The smallest absolute Gasteiger partial charge is 0.187 e. The van der Waals surface area contributed by atoms with Gasteiger partial charge in [0.15, 0.2) is 5.13 Å². The summed E-state index contributed by atoms with van der Waals surface area (Å²) >= 11 is 1.61. The average molecular weight is 233 g/mol. The lowest BCUT2D eigenvalue weighted by Crippen LogP contribution is -2.02. The molecule has 0 aliphatic carbocycles. The molecule has 16 heavy (non-hydrogen) atoms. The molecule has 0 saturated carbocycles. The molecule has 1 aromatic carbocycles. The summed E-state index contributed by atoms with van der Waals surface area (Å²) < 4.78 is 0. The second kappa shape index (κ2) is 5.09. The van der Waals surface area contributed by atoms with Crippen molar-refractivity contribution in [3.05, 3.63) is 40.9 Å². The number of aromatic nitrogens is 1. The Kier molecular flexibility index (Phi) is 3.54. The first-order chi connectivity index (χ1) is 7.78. The van der Waals surface area contributed by atoms with E-state index in [1.54, 1.807) is 11.3 Å². The molecule has 0 radical (unpaired) electrons. The maximum absolute atomic E-state index is 5.49. The predicted octanol–water partition coefficient (Wildman–Crippen LogP) is 2.70. The van der Waals surface area contributed by atoms with Gasteiger partial charge in [0.25, 0.3) is 0 Å². The molecule has 0 fully saturated rings. The highest BCUT2D eigenvalue weighted by molar-refractivity contribution is 7.13. The van der Waals surface area contributed by atoms with Crippen LogP contribution in [0.4, 0.5) is 10.8 Å². The van der Waals surface area contributed by atoms with Gasteiger partial charge in [-0.3, -0.25) is 0 Å². The normalized spacial score (nSPS) is 10.4. The first kappa shape index (κ1) is 11.1. The molecule has 0 bridgehead atoms. The van der Waals surface area contributed by atoms with Crippen molar-refractivity contribution < 1.29 is 0 Å². The van der Waals surface area contributed by atoms with Crippen LogP contribution in [0.2, 0.25) is 0 Å². The number of hydrogen-bond acceptors (Lipinski definition) is 4. The van der Waals surface area contributed by atoms with Crippen LogP contribution in [0.15, 0.2) is 29.6 Å². The third kappa shape index (κ3) is 2.81. The lowest BCUT2D eigenvalue weighted by Gasteiger charge is -2.02. The molecule has 1 heterocycles. The molecule has 0 amide bonds. The molecule has 0 spiro atoms. The van der Waals surface area contributed by atoms with Crippen molar-refractivity contribution >= 4 is 22.2 Å². The number of thiazole rings is 1. The minimum absolute atomic E-state index is 0.646. The van der Waals surface area contributed by atoms with Gasteiger partial charge in [0.1, 0.15) is 0 Å². The summed E-state index contributed by atoms with van der Waals surface area (Å²) in [5.41, 5.74) is 8.86. The van der Waals surface area contributed by atoms with Gasteiger partial charge in [-0.1, -0.05) is 12.1 Å². The van der Waals surface area contributed by atoms with E-state index in [2.05, 4.69) is 29.4 Å². The zero-order valence-electron chi connectivity index (χ0n) is 9.23. The van der Waals surface area contributed by atoms with E-state index in [4.69, 9.17) is 5.73 Å². The molecule has 84 valence electrons. The molecule has 0 aliphatic heterocycles. The number of hydrogen-bond donors (Lipinski definition) is 2. The van der Waals surface area contributed by atoms with E-state index in [0.717, 1.165) is 22.9 Å². The minimum Gasteiger partial charge on any atom is -0.332 e. The molecule has 0 atom stereocenters. The second-order valence-corrected chi connectivity index (χ2v) is 4.54. The van der Waals surface area contributed by atoms with E-state index in [9.17, 15) is 0 Å². The summed E-state index contributed by atoms with van der Waals surface area (Å²) in [5, 5.41) is 6.26. The van der Waals surface area contributed by atoms with Gasteiger partial charge >= 0.3 is 0 Å². The SMILES string of the molecule is Cc1cccc(Nc2nc(CCN)cs2)c1. The third-order valence-electron chi connectivity index (χ3n) is 2.22. The lowest BCUT2D eigenvalue weighted by molar-refractivity contribution is 0.936. The first-order valence-corrected chi connectivity index (χ1v) is 6.14. The number of nitrogens with one attached hydrogen (secondary N) is 1. The van der Waals surface area contributed by atoms with Gasteiger partial charge in [0, 0.05) is 17.5 Å². The van der Waals surface area contributed by atoms with Crippen molar-refractivity contribution in [1.82, 2.24) is 4.98 Å². The van der Waals surface area contributed by atoms with Crippen molar-refractivity contribution in [2.24, 2.45) is 5.73 Å². The van der Waals surface area contributed by atoms with Crippen LogP contribution in [0.1, 0.15) is 11.3 Å². The van der Waals surface area contributed by atoms with Gasteiger partial charge in [0.05, 0.1) is 5.69 Å². The topological polar surface area (TPSA) is 50.9 Å². The van der Waals surface area contributed by atoms with Crippen LogP contribution in [-0.4, -0.2) is 11.5 Å². The van der Waals surface area contributed by atoms with Crippen LogP contribution < -0.4 is 11.1 Å². The Bertz CT molecular complexity index is 465. The summed E-state index contributed by atoms with van der Waals surface area (Å²) in [5.74, 6) is 0. The van der Waals surface area contributed by atoms with Crippen molar-refractivity contribution in [2.75, 3.05) is 11.9 Å². The van der Waals surface area contributed by atoms with Crippen molar-refractivity contribution in [3.63, 3.8) is 0 Å². The van der Waals surface area contributed by atoms with Crippen LogP contribution in [0.3, 0.4) is 0 Å². The molecule has 0 aliphatic rings. The van der Waals surface area contributed by atoms with Crippen molar-refractivity contribution in [1.29, 1.82) is 0 Å². The third-order valence-corrected chi connectivity index (χ3v) is 3.03. The summed E-state index contributed by atoms with van der Waals surface area (Å²) in [6, 6.07) is 8.25. The molecule has 2 rings (SSSR count). The number of nitrogens with zero attached hydrogens (tertiary/aromatic N) is 1. The van der Waals surface area contributed by atoms with Crippen LogP contribution in [-0.2, 0) is 6.42 Å². The van der Waals surface area contributed by atoms with E-state index >= 15 is 0 Å². The number of aryl methyl sites for hydroxylation is 1. The van der Waals surface area contributed by atoms with Crippen LogP contribution >= 0.6 is 11.3 Å². The van der Waals surface area contributed by atoms with Gasteiger partial charge in [-0.15, -0.1) is 11.3 Å². The Morgan fingerprint density at radius 3 is 3.06 bits per heavy atom. The fourth-order valence-electron chi connectivity index (χ4n) is 1.47. The van der Waals surface area contributed by atoms with E-state index < -0.39 is 0 Å². The highest BCUT2D eigenvalue weighted by atomic mass is 32.1. The minimum atomic E-state index is 0.646. The van der Waals surface area contributed by atoms with Gasteiger partial charge in [-0.2, -0.15) is 0 Å². The fraction of sp³-hybridized carbons (Fsp3) is 0.250. The quantitative estimate of drug-likeness (QED) is 0.853. The summed E-state index contributed by atoms with van der Waals surface area (Å²) in [4.78, 5) is 4.45. The number of rotatable bonds is 4. The van der Waals surface area contributed by atoms with Crippen LogP contribution in [0, 0.1) is 6.92 Å². The highest BCUT2D eigenvalue weighted by Gasteiger charge is 2.01. The Labute approximate surface area is 99.3 Å². The van der Waals surface area contributed by atoms with E-state index in [-0.39, 0.29) is 0 Å². The number of anilines is 2. The lowest BCUT2D eigenvalue weighted by atomic mass is 10.2. The zero-order valence-corrected chi connectivity index (χ0v) is 10.1. The molecule has 0 unspecified atom stereocenters. The molecular weight excluding hydrogens is 218 g/mol. The summed E-state index contributed by atoms with van der Waals surface area (Å²) in [6.45, 7) is 2.72. The van der Waals surface area contributed by atoms with Crippen molar-refractivity contribution in [3.8, 4) is 0 Å². The zero-order chi connectivity index (χ0) is 11.4. The Morgan fingerprint density at radius 2 is 2.31 bits per heavy atom. The Hall–Kier alpha value is -1.39. The maximum atomic E-state index is 5.49. The summed E-state index contributed by atoms with van der Waals surface area (Å²) in [7, 11) is 0. The fourth-order valence-corrected chi connectivity index (χ4v) is 2.24. The number of benzene rings is 1. The highest BCUT2D eigenvalue weighted by Crippen LogP contribution is 2.21. The average Bonchev–Trinajstić information content (AvgIpc) is 2.66. The maximum Gasteiger partial charge on any atom is 0.187 e. The molecule has 4 heteroatoms. The van der Waals surface area contributed by atoms with Gasteiger partial charge in [-0.25, -0.2) is 4.98 Å². The predicted molar refractivity (Wildman–Crippen MR) is 69.3 cm³/mol. The van der Waals surface area contributed by atoms with E-state index in [0.29, 0.717) is 6.54 Å². The standard InChI is InChI=1S/C12H15N3S/c1-9-3-2-4-10(7-9)14-12-15-11(5-6-13)8-16-12/h2-4,7-8H,5-6,13H2,1H3,(H,14,15). The van der Waals surface area contributed by atoms with Crippen molar-refractivity contribution in [2.45, 2.75) is 13.3 Å². The van der Waals surface area contributed by atoms with E-state index in [1.165, 1.54) is 5.56 Å². The molecule has 0 saturated heterocycles. The monoisotopic (exact) mass is 233 g/mol. The second-order valence-electron chi connectivity index (χ2n) is 3.68. The van der Waals surface area contributed by atoms with Gasteiger partial charge in [-0.05, 0) is 31.2 Å². The first-order valence-electron chi connectivity index (χ1n) is 5.26. The largest absolute Gasteiger partial charge is 0.332 e. The van der Waals surface area contributed by atoms with Crippen LogP contribution in [0.5, 0.6) is 0 Å². The molecule has 3 nitrogen and oxygen atoms in total. The molecule has 2 aromatic rings.